The lowest BCUT2D eigenvalue weighted by molar-refractivity contribution is -0.131. The normalized spacial score (nSPS) is 10.9. The summed E-state index contributed by atoms with van der Waals surface area (Å²) in [5.74, 6) is -0.858. The van der Waals surface area contributed by atoms with Crippen LogP contribution in [0.5, 0.6) is 5.75 Å². The molecule has 0 fully saturated rings. The van der Waals surface area contributed by atoms with Crippen LogP contribution in [0.3, 0.4) is 0 Å². The van der Waals surface area contributed by atoms with Crippen LogP contribution < -0.4 is 10.1 Å². The molecule has 0 radical (unpaired) electrons. The van der Waals surface area contributed by atoms with E-state index in [1.807, 2.05) is 13.8 Å². The van der Waals surface area contributed by atoms with Crippen molar-refractivity contribution in [3.8, 4) is 5.75 Å². The first-order chi connectivity index (χ1) is 9.92. The Morgan fingerprint density at radius 2 is 2.10 bits per heavy atom. The fourth-order valence-electron chi connectivity index (χ4n) is 1.52. The molecule has 0 saturated heterocycles. The van der Waals surface area contributed by atoms with Crippen LogP contribution >= 0.6 is 0 Å². The van der Waals surface area contributed by atoms with Gasteiger partial charge in [-0.25, -0.2) is 4.79 Å². The van der Waals surface area contributed by atoms with Crippen molar-refractivity contribution in [1.82, 2.24) is 0 Å². The van der Waals surface area contributed by atoms with E-state index in [4.69, 9.17) is 14.6 Å². The number of methoxy groups -OCH3 is 1. The van der Waals surface area contributed by atoms with Crippen molar-refractivity contribution in [2.24, 2.45) is 0 Å². The molecule has 6 nitrogen and oxygen atoms in total. The van der Waals surface area contributed by atoms with Crippen molar-refractivity contribution < 1.29 is 24.2 Å². The quantitative estimate of drug-likeness (QED) is 0.752. The number of nitrogens with one attached hydrogen (secondary N) is 1. The van der Waals surface area contributed by atoms with Gasteiger partial charge >= 0.3 is 5.97 Å². The lowest BCUT2D eigenvalue weighted by Gasteiger charge is -2.12. The first-order valence-corrected chi connectivity index (χ1v) is 6.43. The number of carbonyl (C=O) groups excluding carboxylic acids is 1. The summed E-state index contributed by atoms with van der Waals surface area (Å²) in [6.45, 7) is 3.62. The Balaban J connectivity index is 2.85. The predicted molar refractivity (Wildman–Crippen MR) is 79.4 cm³/mol. The zero-order chi connectivity index (χ0) is 15.8. The molecule has 1 aromatic carbocycles. The number of aliphatic carboxylic acids is 1. The Kier molecular flexibility index (Phi) is 6.42. The number of carboxylic acid groups (broad SMARTS) is 1. The van der Waals surface area contributed by atoms with Gasteiger partial charge in [0.1, 0.15) is 12.4 Å². The molecule has 2 N–H and O–H groups in total. The maximum atomic E-state index is 11.8. The average molecular weight is 293 g/mol. The number of benzene rings is 1. The van der Waals surface area contributed by atoms with Crippen LogP contribution in [-0.2, 0) is 14.3 Å². The topological polar surface area (TPSA) is 84.9 Å². The third kappa shape index (κ3) is 6.09. The zero-order valence-corrected chi connectivity index (χ0v) is 12.3. The number of ether oxygens (including phenoxy) is 2. The van der Waals surface area contributed by atoms with Gasteiger partial charge in [0.2, 0.25) is 5.91 Å². The number of hydrogen-bond acceptors (Lipinski definition) is 4. The largest absolute Gasteiger partial charge is 0.495 e. The van der Waals surface area contributed by atoms with Gasteiger partial charge in [0.05, 0.1) is 18.9 Å². The van der Waals surface area contributed by atoms with Crippen LogP contribution in [0.15, 0.2) is 24.3 Å². The Hall–Kier alpha value is -2.34. The maximum absolute atomic E-state index is 11.8. The fraction of sp³-hybridized carbons (Fsp3) is 0.333. The third-order valence-electron chi connectivity index (χ3n) is 2.46. The summed E-state index contributed by atoms with van der Waals surface area (Å²) in [6, 6.07) is 4.98. The lowest BCUT2D eigenvalue weighted by Crippen LogP contribution is -2.21. The highest BCUT2D eigenvalue weighted by Gasteiger charge is 2.09. The molecule has 0 unspecified atom stereocenters. The van der Waals surface area contributed by atoms with E-state index >= 15 is 0 Å². The minimum Gasteiger partial charge on any atom is -0.495 e. The second-order valence-electron chi connectivity index (χ2n) is 4.54. The van der Waals surface area contributed by atoms with Gasteiger partial charge < -0.3 is 19.9 Å². The van der Waals surface area contributed by atoms with Crippen LogP contribution in [-0.4, -0.2) is 36.8 Å². The van der Waals surface area contributed by atoms with E-state index in [0.29, 0.717) is 17.0 Å². The first kappa shape index (κ1) is 16.7. The highest BCUT2D eigenvalue weighted by Crippen LogP contribution is 2.26. The molecule has 0 aromatic heterocycles. The number of anilines is 1. The van der Waals surface area contributed by atoms with Crippen molar-refractivity contribution >= 4 is 23.6 Å². The summed E-state index contributed by atoms with van der Waals surface area (Å²) in [5, 5.41) is 11.3. The molecule has 0 aliphatic carbocycles. The number of carboxylic acids is 1. The molecule has 0 heterocycles. The van der Waals surface area contributed by atoms with Gasteiger partial charge in [-0.15, -0.1) is 0 Å². The van der Waals surface area contributed by atoms with E-state index in [2.05, 4.69) is 5.32 Å². The Labute approximate surface area is 123 Å². The molecule has 6 heteroatoms. The predicted octanol–water partition coefficient (Wildman–Crippen LogP) is 2.16. The molecular formula is C15H19NO5. The monoisotopic (exact) mass is 293 g/mol. The molecule has 1 amide bonds. The number of carbonyl (C=O) groups is 2. The Bertz CT molecular complexity index is 537. The summed E-state index contributed by atoms with van der Waals surface area (Å²) < 4.78 is 10.4. The molecule has 0 aliphatic rings. The van der Waals surface area contributed by atoms with E-state index in [-0.39, 0.29) is 18.6 Å². The summed E-state index contributed by atoms with van der Waals surface area (Å²) >= 11 is 0. The first-order valence-electron chi connectivity index (χ1n) is 6.43. The van der Waals surface area contributed by atoms with E-state index in [9.17, 15) is 9.59 Å². The highest BCUT2D eigenvalue weighted by molar-refractivity contribution is 5.94. The molecule has 0 saturated carbocycles. The van der Waals surface area contributed by atoms with Crippen LogP contribution in [0.2, 0.25) is 0 Å². The lowest BCUT2D eigenvalue weighted by atomic mass is 10.1. The second-order valence-corrected chi connectivity index (χ2v) is 4.54. The van der Waals surface area contributed by atoms with Crippen LogP contribution in [0, 0.1) is 0 Å². The smallest absolute Gasteiger partial charge is 0.328 e. The molecule has 0 atom stereocenters. The molecule has 0 aliphatic heterocycles. The summed E-state index contributed by atoms with van der Waals surface area (Å²) in [7, 11) is 1.49. The Morgan fingerprint density at radius 3 is 2.67 bits per heavy atom. The van der Waals surface area contributed by atoms with Crippen LogP contribution in [0.1, 0.15) is 19.4 Å². The van der Waals surface area contributed by atoms with Crippen LogP contribution in [0.4, 0.5) is 5.69 Å². The van der Waals surface area contributed by atoms with Crippen molar-refractivity contribution in [2.45, 2.75) is 20.0 Å². The third-order valence-corrected chi connectivity index (χ3v) is 2.46. The van der Waals surface area contributed by atoms with Crippen molar-refractivity contribution in [3.05, 3.63) is 29.8 Å². The van der Waals surface area contributed by atoms with E-state index in [0.717, 1.165) is 6.08 Å². The van der Waals surface area contributed by atoms with E-state index < -0.39 is 5.97 Å². The molecule has 1 aromatic rings. The molecule has 114 valence electrons. The minimum atomic E-state index is -1.04. The maximum Gasteiger partial charge on any atom is 0.328 e. The van der Waals surface area contributed by atoms with E-state index in [1.165, 1.54) is 13.2 Å². The Morgan fingerprint density at radius 1 is 1.38 bits per heavy atom. The van der Waals surface area contributed by atoms with Gasteiger partial charge in [-0.3, -0.25) is 4.79 Å². The van der Waals surface area contributed by atoms with Gasteiger partial charge in [-0.05, 0) is 37.6 Å². The molecular weight excluding hydrogens is 274 g/mol. The van der Waals surface area contributed by atoms with Gasteiger partial charge in [0.15, 0.2) is 0 Å². The summed E-state index contributed by atoms with van der Waals surface area (Å²) in [5.41, 5.74) is 1.10. The van der Waals surface area contributed by atoms with Crippen molar-refractivity contribution in [3.63, 3.8) is 0 Å². The molecule has 0 bridgehead atoms. The minimum absolute atomic E-state index is 0.0394. The standard InChI is InChI=1S/C15H19NO5/c1-10(2)21-9-14(17)16-12-8-11(5-7-15(18)19)4-6-13(12)20-3/h4-8,10H,9H2,1-3H3,(H,16,17)(H,18,19)/b7-5+. The summed E-state index contributed by atoms with van der Waals surface area (Å²) in [6.07, 6.45) is 2.42. The zero-order valence-electron chi connectivity index (χ0n) is 12.3. The van der Waals surface area contributed by atoms with Crippen molar-refractivity contribution in [2.75, 3.05) is 19.0 Å². The number of rotatable bonds is 7. The number of amides is 1. The SMILES string of the molecule is COc1ccc(/C=C/C(=O)O)cc1NC(=O)COC(C)C. The second kappa shape index (κ2) is 8.06. The van der Waals surface area contributed by atoms with Gasteiger partial charge in [-0.1, -0.05) is 6.07 Å². The van der Waals surface area contributed by atoms with E-state index in [1.54, 1.807) is 18.2 Å². The van der Waals surface area contributed by atoms with Crippen molar-refractivity contribution in [1.29, 1.82) is 0 Å². The summed E-state index contributed by atoms with van der Waals surface area (Å²) in [4.78, 5) is 22.3. The van der Waals surface area contributed by atoms with Gasteiger partial charge in [0, 0.05) is 6.08 Å². The highest BCUT2D eigenvalue weighted by atomic mass is 16.5. The fourth-order valence-corrected chi connectivity index (χ4v) is 1.52. The van der Waals surface area contributed by atoms with Gasteiger partial charge in [0.25, 0.3) is 0 Å². The molecule has 21 heavy (non-hydrogen) atoms. The average Bonchev–Trinajstić information content (AvgIpc) is 2.43. The molecule has 0 spiro atoms. The van der Waals surface area contributed by atoms with Crippen LogP contribution in [0.25, 0.3) is 6.08 Å². The molecule has 1 rings (SSSR count). The number of hydrogen-bond donors (Lipinski definition) is 2. The van der Waals surface area contributed by atoms with Gasteiger partial charge in [-0.2, -0.15) is 0 Å².